The quantitative estimate of drug-likeness (QED) is 0.468. The normalized spacial score (nSPS) is 34.6. The van der Waals surface area contributed by atoms with Crippen LogP contribution < -0.4 is 0 Å². The molecule has 0 aliphatic heterocycles. The van der Waals surface area contributed by atoms with Gasteiger partial charge in [-0.2, -0.15) is 0 Å². The maximum atomic E-state index is 10.5. The number of fused-ring (bicyclic) bond motifs is 1. The summed E-state index contributed by atoms with van der Waals surface area (Å²) in [5, 5.41) is 10.8. The molecule has 0 heterocycles. The van der Waals surface area contributed by atoms with Gasteiger partial charge in [0.05, 0.1) is 6.10 Å². The van der Waals surface area contributed by atoms with Crippen molar-refractivity contribution in [1.29, 1.82) is 0 Å². The van der Waals surface area contributed by atoms with Crippen LogP contribution in [0.5, 0.6) is 0 Å². The maximum absolute atomic E-state index is 10.5. The molecule has 27 heavy (non-hydrogen) atoms. The molecule has 6 atom stereocenters. The first-order valence-corrected chi connectivity index (χ1v) is 14.6. The summed E-state index contributed by atoms with van der Waals surface area (Å²) in [5.74, 6) is 2.63. The van der Waals surface area contributed by atoms with Gasteiger partial charge in [0.1, 0.15) is 0 Å². The molecule has 0 saturated heterocycles. The Labute approximate surface area is 171 Å². The first-order valence-electron chi connectivity index (χ1n) is 11.7. The molecule has 3 heteroatoms. The highest BCUT2D eigenvalue weighted by Gasteiger charge is 2.52. The van der Waals surface area contributed by atoms with Crippen molar-refractivity contribution in [2.24, 2.45) is 29.1 Å². The molecule has 2 rings (SSSR count). The van der Waals surface area contributed by atoms with Gasteiger partial charge in [-0.1, -0.05) is 54.9 Å². The van der Waals surface area contributed by atoms with Crippen LogP contribution in [0.4, 0.5) is 0 Å². The fourth-order valence-electron chi connectivity index (χ4n) is 5.84. The zero-order chi connectivity index (χ0) is 20.6. The highest BCUT2D eigenvalue weighted by atomic mass is 28.4. The zero-order valence-electron chi connectivity index (χ0n) is 19.8. The molecule has 0 spiro atoms. The molecule has 2 fully saturated rings. The minimum atomic E-state index is -1.72. The van der Waals surface area contributed by atoms with Crippen LogP contribution in [0.25, 0.3) is 0 Å². The third kappa shape index (κ3) is 5.01. The van der Waals surface area contributed by atoms with Crippen molar-refractivity contribution in [3.05, 3.63) is 0 Å². The number of aliphatic hydroxyl groups is 1. The van der Waals surface area contributed by atoms with Gasteiger partial charge in [-0.25, -0.2) is 0 Å². The van der Waals surface area contributed by atoms with Crippen LogP contribution >= 0.6 is 0 Å². The van der Waals surface area contributed by atoms with Crippen molar-refractivity contribution in [3.8, 4) is 0 Å². The number of hydrogen-bond acceptors (Lipinski definition) is 2. The number of rotatable bonds is 7. The van der Waals surface area contributed by atoms with Crippen molar-refractivity contribution < 1.29 is 9.53 Å². The SMILES string of the molecule is CC(C)[C@@H](CC[C@@H](C)[C@H]1CC[C@H]2[C@@H](O)CCC[C@]12C)O[Si](C)(C)C(C)(C)C. The molecule has 0 bridgehead atoms. The average Bonchev–Trinajstić information content (AvgIpc) is 2.88. The van der Waals surface area contributed by atoms with E-state index >= 15 is 0 Å². The Morgan fingerprint density at radius 1 is 1.07 bits per heavy atom. The van der Waals surface area contributed by atoms with E-state index in [9.17, 15) is 5.11 Å². The van der Waals surface area contributed by atoms with Gasteiger partial charge in [0, 0.05) is 6.10 Å². The molecule has 0 aromatic heterocycles. The van der Waals surface area contributed by atoms with E-state index in [1.165, 1.54) is 38.5 Å². The van der Waals surface area contributed by atoms with E-state index in [0.29, 0.717) is 23.4 Å². The molecule has 0 unspecified atom stereocenters. The Kier molecular flexibility index (Phi) is 7.35. The van der Waals surface area contributed by atoms with Crippen molar-refractivity contribution >= 4 is 8.32 Å². The van der Waals surface area contributed by atoms with E-state index in [1.54, 1.807) is 0 Å². The van der Waals surface area contributed by atoms with E-state index in [-0.39, 0.29) is 11.1 Å². The molecule has 160 valence electrons. The molecule has 1 N–H and O–H groups in total. The largest absolute Gasteiger partial charge is 0.414 e. The lowest BCUT2D eigenvalue weighted by atomic mass is 9.61. The predicted octanol–water partition coefficient (Wildman–Crippen LogP) is 7.03. The minimum Gasteiger partial charge on any atom is -0.414 e. The van der Waals surface area contributed by atoms with Gasteiger partial charge in [-0.3, -0.25) is 0 Å². The summed E-state index contributed by atoms with van der Waals surface area (Å²) in [6.45, 7) is 21.4. The summed E-state index contributed by atoms with van der Waals surface area (Å²) in [7, 11) is -1.72. The maximum Gasteiger partial charge on any atom is 0.192 e. The second-order valence-electron chi connectivity index (χ2n) is 12.0. The van der Waals surface area contributed by atoms with Crippen molar-refractivity contribution in [2.45, 2.75) is 124 Å². The molecule has 0 amide bonds. The Morgan fingerprint density at radius 2 is 1.70 bits per heavy atom. The Bertz CT molecular complexity index is 481. The van der Waals surface area contributed by atoms with Gasteiger partial charge >= 0.3 is 0 Å². The minimum absolute atomic E-state index is 0.0497. The summed E-state index contributed by atoms with van der Waals surface area (Å²) in [6, 6.07) is 0. The van der Waals surface area contributed by atoms with Gasteiger partial charge in [0.2, 0.25) is 0 Å². The highest BCUT2D eigenvalue weighted by molar-refractivity contribution is 6.74. The van der Waals surface area contributed by atoms with Gasteiger partial charge in [-0.15, -0.1) is 0 Å². The lowest BCUT2D eigenvalue weighted by Gasteiger charge is -2.45. The number of aliphatic hydroxyl groups excluding tert-OH is 1. The summed E-state index contributed by atoms with van der Waals surface area (Å²) in [6.07, 6.45) is 8.89. The van der Waals surface area contributed by atoms with Gasteiger partial charge in [-0.05, 0) is 85.7 Å². The summed E-state index contributed by atoms with van der Waals surface area (Å²) >= 11 is 0. The zero-order valence-corrected chi connectivity index (χ0v) is 20.8. The Morgan fingerprint density at radius 3 is 2.26 bits per heavy atom. The van der Waals surface area contributed by atoms with E-state index in [0.717, 1.165) is 18.3 Å². The molecular formula is C24H48O2Si. The van der Waals surface area contributed by atoms with Crippen LogP contribution in [0.1, 0.15) is 93.4 Å². The molecule has 2 saturated carbocycles. The standard InChI is InChI=1S/C24H48O2Si/c1-17(2)22(26-27(8,9)23(4,5)6)15-12-18(3)19-13-14-20-21(25)11-10-16-24(19,20)7/h17-22,25H,10-16H2,1-9H3/t18-,19-,20+,21+,22-,24-/m1/s1. The van der Waals surface area contributed by atoms with Crippen LogP contribution in [0.15, 0.2) is 0 Å². The van der Waals surface area contributed by atoms with Gasteiger partial charge in [0.15, 0.2) is 8.32 Å². The topological polar surface area (TPSA) is 29.5 Å². The van der Waals surface area contributed by atoms with Crippen molar-refractivity contribution in [1.82, 2.24) is 0 Å². The van der Waals surface area contributed by atoms with Crippen LogP contribution in [-0.2, 0) is 4.43 Å². The molecule has 0 radical (unpaired) electrons. The fourth-order valence-corrected chi connectivity index (χ4v) is 7.34. The molecule has 2 aliphatic rings. The van der Waals surface area contributed by atoms with Crippen LogP contribution in [0.2, 0.25) is 18.1 Å². The second kappa shape index (κ2) is 8.48. The second-order valence-corrected chi connectivity index (χ2v) is 16.7. The Hall–Kier alpha value is 0.137. The average molecular weight is 397 g/mol. The predicted molar refractivity (Wildman–Crippen MR) is 119 cm³/mol. The lowest BCUT2D eigenvalue weighted by molar-refractivity contribution is -0.0289. The molecule has 0 aromatic rings. The molecule has 0 aromatic carbocycles. The highest BCUT2D eigenvalue weighted by Crippen LogP contribution is 2.58. The Balaban J connectivity index is 1.99. The monoisotopic (exact) mass is 396 g/mol. The molecule has 2 nitrogen and oxygen atoms in total. The van der Waals surface area contributed by atoms with Crippen LogP contribution in [-0.4, -0.2) is 25.6 Å². The van der Waals surface area contributed by atoms with Crippen LogP contribution in [0, 0.1) is 29.1 Å². The smallest absolute Gasteiger partial charge is 0.192 e. The molecular weight excluding hydrogens is 348 g/mol. The third-order valence-corrected chi connectivity index (χ3v) is 13.3. The van der Waals surface area contributed by atoms with Gasteiger partial charge < -0.3 is 9.53 Å². The summed E-state index contributed by atoms with van der Waals surface area (Å²) in [4.78, 5) is 0. The first-order chi connectivity index (χ1) is 12.3. The lowest BCUT2D eigenvalue weighted by Crippen LogP contribution is -2.45. The third-order valence-electron chi connectivity index (χ3n) is 8.75. The summed E-state index contributed by atoms with van der Waals surface area (Å²) < 4.78 is 6.82. The van der Waals surface area contributed by atoms with E-state index < -0.39 is 8.32 Å². The van der Waals surface area contributed by atoms with Crippen LogP contribution in [0.3, 0.4) is 0 Å². The van der Waals surface area contributed by atoms with Gasteiger partial charge in [0.25, 0.3) is 0 Å². The fraction of sp³-hybridized carbons (Fsp3) is 1.00. The van der Waals surface area contributed by atoms with E-state index in [2.05, 4.69) is 61.6 Å². The molecule has 2 aliphatic carbocycles. The first kappa shape index (κ1) is 23.4. The van der Waals surface area contributed by atoms with E-state index in [1.807, 2.05) is 0 Å². The van der Waals surface area contributed by atoms with Crippen molar-refractivity contribution in [3.63, 3.8) is 0 Å². The van der Waals surface area contributed by atoms with Crippen molar-refractivity contribution in [2.75, 3.05) is 0 Å². The van der Waals surface area contributed by atoms with E-state index in [4.69, 9.17) is 4.43 Å². The summed E-state index contributed by atoms with van der Waals surface area (Å²) in [5.41, 5.74) is 0.366. The number of hydrogen-bond donors (Lipinski definition) is 1.